The molecule has 0 saturated carbocycles. The summed E-state index contributed by atoms with van der Waals surface area (Å²) in [6, 6.07) is 5.74. The van der Waals surface area contributed by atoms with Gasteiger partial charge in [0.1, 0.15) is 5.58 Å². The van der Waals surface area contributed by atoms with Crippen LogP contribution in [0.5, 0.6) is 0 Å². The summed E-state index contributed by atoms with van der Waals surface area (Å²) in [5, 5.41) is 10.3. The molecule has 1 fully saturated rings. The number of carbonyl (C=O) groups excluding carboxylic acids is 1. The second-order valence-electron chi connectivity index (χ2n) is 5.56. The topological polar surface area (TPSA) is 53.7 Å². The van der Waals surface area contributed by atoms with Crippen molar-refractivity contribution in [3.05, 3.63) is 35.1 Å². The zero-order valence-electron chi connectivity index (χ0n) is 11.8. The van der Waals surface area contributed by atoms with Gasteiger partial charge in [-0.25, -0.2) is 0 Å². The number of amides is 1. The number of hydrogen-bond donors (Lipinski definition) is 1. The van der Waals surface area contributed by atoms with Crippen molar-refractivity contribution in [2.24, 2.45) is 0 Å². The quantitative estimate of drug-likeness (QED) is 0.915. The molecule has 0 spiro atoms. The normalized spacial score (nSPS) is 18.9. The van der Waals surface area contributed by atoms with Gasteiger partial charge in [-0.2, -0.15) is 0 Å². The van der Waals surface area contributed by atoms with Crippen LogP contribution in [0.2, 0.25) is 0 Å². The van der Waals surface area contributed by atoms with Crippen LogP contribution in [-0.4, -0.2) is 35.1 Å². The molecule has 0 aliphatic carbocycles. The van der Waals surface area contributed by atoms with Gasteiger partial charge in [-0.05, 0) is 56.0 Å². The van der Waals surface area contributed by atoms with Gasteiger partial charge in [-0.3, -0.25) is 4.79 Å². The SMILES string of the molecule is Cc1cc2cc(C(=O)N3CCC[C@H]3CO)oc2cc1C. The van der Waals surface area contributed by atoms with E-state index in [9.17, 15) is 9.90 Å². The number of aliphatic hydroxyl groups excluding tert-OH is 1. The standard InChI is InChI=1S/C16H19NO3/c1-10-6-12-8-15(20-14(12)7-11(10)2)16(19)17-5-3-4-13(17)9-18/h6-8,13,18H,3-5,9H2,1-2H3/t13-/m0/s1. The van der Waals surface area contributed by atoms with Crippen molar-refractivity contribution in [2.75, 3.05) is 13.2 Å². The van der Waals surface area contributed by atoms with E-state index in [4.69, 9.17) is 4.42 Å². The summed E-state index contributed by atoms with van der Waals surface area (Å²) < 4.78 is 5.70. The Morgan fingerprint density at radius 3 is 2.85 bits per heavy atom. The van der Waals surface area contributed by atoms with Gasteiger partial charge in [0.25, 0.3) is 5.91 Å². The summed E-state index contributed by atoms with van der Waals surface area (Å²) in [5.74, 6) is 0.249. The lowest BCUT2D eigenvalue weighted by molar-refractivity contribution is 0.0648. The predicted molar refractivity (Wildman–Crippen MR) is 76.8 cm³/mol. The average molecular weight is 273 g/mol. The zero-order valence-corrected chi connectivity index (χ0v) is 11.8. The first-order valence-electron chi connectivity index (χ1n) is 7.03. The van der Waals surface area contributed by atoms with Crippen molar-refractivity contribution < 1.29 is 14.3 Å². The Labute approximate surface area is 118 Å². The molecule has 1 aliphatic heterocycles. The van der Waals surface area contributed by atoms with Crippen LogP contribution in [0.15, 0.2) is 22.6 Å². The number of aliphatic hydroxyl groups is 1. The molecule has 1 amide bonds. The fraction of sp³-hybridized carbons (Fsp3) is 0.438. The highest BCUT2D eigenvalue weighted by molar-refractivity contribution is 5.96. The Morgan fingerprint density at radius 2 is 2.10 bits per heavy atom. The number of furan rings is 1. The summed E-state index contributed by atoms with van der Waals surface area (Å²) in [7, 11) is 0. The van der Waals surface area contributed by atoms with Crippen molar-refractivity contribution in [1.29, 1.82) is 0 Å². The number of rotatable bonds is 2. The van der Waals surface area contributed by atoms with E-state index in [0.29, 0.717) is 12.3 Å². The Hall–Kier alpha value is -1.81. The molecule has 2 heterocycles. The number of benzene rings is 1. The van der Waals surface area contributed by atoms with Gasteiger partial charge in [0, 0.05) is 11.9 Å². The molecule has 3 rings (SSSR count). The Morgan fingerprint density at radius 1 is 1.35 bits per heavy atom. The van der Waals surface area contributed by atoms with Crippen molar-refractivity contribution in [1.82, 2.24) is 4.90 Å². The van der Waals surface area contributed by atoms with Gasteiger partial charge in [-0.1, -0.05) is 0 Å². The molecule has 1 atom stereocenters. The van der Waals surface area contributed by atoms with Crippen molar-refractivity contribution in [3.63, 3.8) is 0 Å². The largest absolute Gasteiger partial charge is 0.451 e. The number of carbonyl (C=O) groups is 1. The third kappa shape index (κ3) is 2.10. The maximum Gasteiger partial charge on any atom is 0.289 e. The summed E-state index contributed by atoms with van der Waals surface area (Å²) in [6.45, 7) is 4.79. The Balaban J connectivity index is 1.96. The monoisotopic (exact) mass is 273 g/mol. The van der Waals surface area contributed by atoms with E-state index in [2.05, 4.69) is 0 Å². The first-order chi connectivity index (χ1) is 9.60. The highest BCUT2D eigenvalue weighted by Gasteiger charge is 2.30. The molecule has 1 aromatic heterocycles. The first-order valence-corrected chi connectivity index (χ1v) is 7.03. The molecular weight excluding hydrogens is 254 g/mol. The van der Waals surface area contributed by atoms with Gasteiger partial charge < -0.3 is 14.4 Å². The number of nitrogens with zero attached hydrogens (tertiary/aromatic N) is 1. The molecule has 1 N–H and O–H groups in total. The molecule has 0 radical (unpaired) electrons. The van der Waals surface area contributed by atoms with E-state index in [1.54, 1.807) is 11.0 Å². The van der Waals surface area contributed by atoms with Gasteiger partial charge >= 0.3 is 0 Å². The van der Waals surface area contributed by atoms with Gasteiger partial charge in [0.2, 0.25) is 0 Å². The Bertz CT molecular complexity index is 620. The molecule has 20 heavy (non-hydrogen) atoms. The summed E-state index contributed by atoms with van der Waals surface area (Å²) in [6.07, 6.45) is 1.80. The lowest BCUT2D eigenvalue weighted by atomic mass is 10.1. The van der Waals surface area contributed by atoms with Crippen molar-refractivity contribution in [2.45, 2.75) is 32.7 Å². The lowest BCUT2D eigenvalue weighted by Crippen LogP contribution is -2.37. The maximum atomic E-state index is 12.5. The fourth-order valence-electron chi connectivity index (χ4n) is 2.84. The summed E-state index contributed by atoms with van der Waals surface area (Å²) in [5.41, 5.74) is 3.09. The minimum atomic E-state index is -0.118. The predicted octanol–water partition coefficient (Wildman–Crippen LogP) is 2.65. The van der Waals surface area contributed by atoms with E-state index in [1.165, 1.54) is 5.56 Å². The Kier molecular flexibility index (Phi) is 3.26. The van der Waals surface area contributed by atoms with Crippen molar-refractivity contribution in [3.8, 4) is 0 Å². The second-order valence-corrected chi connectivity index (χ2v) is 5.56. The van der Waals surface area contributed by atoms with Crippen LogP contribution in [0.1, 0.15) is 34.5 Å². The smallest absolute Gasteiger partial charge is 0.289 e. The number of likely N-dealkylation sites (tertiary alicyclic amines) is 1. The van der Waals surface area contributed by atoms with Crippen LogP contribution in [0.25, 0.3) is 11.0 Å². The average Bonchev–Trinajstić information content (AvgIpc) is 3.04. The van der Waals surface area contributed by atoms with Crippen LogP contribution in [0.3, 0.4) is 0 Å². The molecule has 106 valence electrons. The lowest BCUT2D eigenvalue weighted by Gasteiger charge is -2.21. The van der Waals surface area contributed by atoms with Crippen LogP contribution in [0.4, 0.5) is 0 Å². The second kappa shape index (κ2) is 4.94. The van der Waals surface area contributed by atoms with Crippen LogP contribution >= 0.6 is 0 Å². The molecule has 1 aliphatic rings. The van der Waals surface area contributed by atoms with Crippen LogP contribution in [0, 0.1) is 13.8 Å². The molecule has 1 aromatic carbocycles. The highest BCUT2D eigenvalue weighted by Crippen LogP contribution is 2.26. The number of fused-ring (bicyclic) bond motifs is 1. The molecule has 4 heteroatoms. The molecule has 2 aromatic rings. The van der Waals surface area contributed by atoms with E-state index in [0.717, 1.165) is 29.4 Å². The maximum absolute atomic E-state index is 12.5. The first kappa shape index (κ1) is 13.2. The fourth-order valence-corrected chi connectivity index (χ4v) is 2.84. The third-order valence-electron chi connectivity index (χ3n) is 4.19. The molecule has 0 unspecified atom stereocenters. The van der Waals surface area contributed by atoms with E-state index >= 15 is 0 Å². The zero-order chi connectivity index (χ0) is 14.3. The van der Waals surface area contributed by atoms with Crippen molar-refractivity contribution >= 4 is 16.9 Å². The molecular formula is C16H19NO3. The van der Waals surface area contributed by atoms with Gasteiger partial charge in [0.05, 0.1) is 12.6 Å². The summed E-state index contributed by atoms with van der Waals surface area (Å²) >= 11 is 0. The third-order valence-corrected chi connectivity index (χ3v) is 4.19. The van der Waals surface area contributed by atoms with E-state index in [1.807, 2.05) is 26.0 Å². The molecule has 1 saturated heterocycles. The highest BCUT2D eigenvalue weighted by atomic mass is 16.3. The number of aryl methyl sites for hydroxylation is 2. The van der Waals surface area contributed by atoms with Gasteiger partial charge in [-0.15, -0.1) is 0 Å². The minimum absolute atomic E-state index is 0.0180. The molecule has 0 bridgehead atoms. The molecule has 4 nitrogen and oxygen atoms in total. The van der Waals surface area contributed by atoms with E-state index in [-0.39, 0.29) is 18.6 Å². The van der Waals surface area contributed by atoms with Crippen LogP contribution in [-0.2, 0) is 0 Å². The summed E-state index contributed by atoms with van der Waals surface area (Å²) in [4.78, 5) is 14.2. The van der Waals surface area contributed by atoms with Gasteiger partial charge in [0.15, 0.2) is 5.76 Å². The van der Waals surface area contributed by atoms with E-state index < -0.39 is 0 Å². The number of hydrogen-bond acceptors (Lipinski definition) is 3. The minimum Gasteiger partial charge on any atom is -0.451 e. The van der Waals surface area contributed by atoms with Crippen LogP contribution < -0.4 is 0 Å².